The van der Waals surface area contributed by atoms with E-state index in [2.05, 4.69) is 47.6 Å². The molecule has 1 nitrogen and oxygen atoms in total. The van der Waals surface area contributed by atoms with Crippen LogP contribution < -0.4 is 0 Å². The van der Waals surface area contributed by atoms with Gasteiger partial charge in [-0.05, 0) is 118 Å². The van der Waals surface area contributed by atoms with Crippen molar-refractivity contribution in [3.8, 4) is 0 Å². The minimum Gasteiger partial charge on any atom is -0.393 e. The lowest BCUT2D eigenvalue weighted by molar-refractivity contribution is -0.00479. The van der Waals surface area contributed by atoms with Gasteiger partial charge in [0.15, 0.2) is 0 Å². The highest BCUT2D eigenvalue weighted by Gasteiger charge is 2.61. The van der Waals surface area contributed by atoms with Crippen molar-refractivity contribution in [2.45, 2.75) is 118 Å². The molecule has 0 aromatic carbocycles. The SMILES string of the molecule is CC(C)=CCC[C@@H](C)[C@H]1CC[C@@]2(C)C3=C(CC[C@]12C)[C@@]1(C)CCC(O)CC1CC3. The summed E-state index contributed by atoms with van der Waals surface area (Å²) in [5.74, 6) is 2.43. The van der Waals surface area contributed by atoms with E-state index in [9.17, 15) is 5.11 Å². The topological polar surface area (TPSA) is 20.2 Å². The van der Waals surface area contributed by atoms with Crippen LogP contribution in [0.5, 0.6) is 0 Å². The summed E-state index contributed by atoms with van der Waals surface area (Å²) in [6, 6.07) is 0. The van der Waals surface area contributed by atoms with E-state index in [1.165, 1.54) is 63.4 Å². The van der Waals surface area contributed by atoms with Crippen LogP contribution in [0.15, 0.2) is 22.8 Å². The predicted molar refractivity (Wildman–Crippen MR) is 124 cm³/mol. The summed E-state index contributed by atoms with van der Waals surface area (Å²) in [7, 11) is 0. The molecule has 2 unspecified atom stereocenters. The lowest BCUT2D eigenvalue weighted by Crippen LogP contribution is -2.49. The van der Waals surface area contributed by atoms with Gasteiger partial charge in [-0.25, -0.2) is 0 Å². The van der Waals surface area contributed by atoms with Gasteiger partial charge >= 0.3 is 0 Å². The number of aliphatic hydroxyl groups excluding tert-OH is 1. The average molecular weight is 399 g/mol. The number of aliphatic hydroxyl groups is 1. The zero-order valence-corrected chi connectivity index (χ0v) is 20.1. The Balaban J connectivity index is 1.61. The van der Waals surface area contributed by atoms with Gasteiger partial charge in [-0.1, -0.05) is 50.5 Å². The third-order valence-electron chi connectivity index (χ3n) is 10.7. The Morgan fingerprint density at radius 3 is 2.52 bits per heavy atom. The molecule has 7 atom stereocenters. The van der Waals surface area contributed by atoms with Gasteiger partial charge in [-0.15, -0.1) is 0 Å². The lowest BCUT2D eigenvalue weighted by atomic mass is 9.46. The van der Waals surface area contributed by atoms with Crippen LogP contribution >= 0.6 is 0 Å². The molecule has 0 aromatic heterocycles. The molecule has 0 aliphatic heterocycles. The Morgan fingerprint density at radius 2 is 1.79 bits per heavy atom. The van der Waals surface area contributed by atoms with Gasteiger partial charge in [0, 0.05) is 0 Å². The van der Waals surface area contributed by atoms with E-state index in [1.54, 1.807) is 0 Å². The summed E-state index contributed by atoms with van der Waals surface area (Å²) in [6.45, 7) is 14.9. The second kappa shape index (κ2) is 7.54. The first kappa shape index (κ1) is 21.7. The Kier molecular flexibility index (Phi) is 5.63. The van der Waals surface area contributed by atoms with Crippen LogP contribution in [0.3, 0.4) is 0 Å². The van der Waals surface area contributed by atoms with Crippen LogP contribution in [0.4, 0.5) is 0 Å². The normalized spacial score (nSPS) is 45.3. The fraction of sp³-hybridized carbons (Fsp3) is 0.857. The number of fused-ring (bicyclic) bond motifs is 4. The Labute approximate surface area is 180 Å². The van der Waals surface area contributed by atoms with Gasteiger partial charge in [-0.3, -0.25) is 0 Å². The minimum atomic E-state index is -0.0443. The zero-order chi connectivity index (χ0) is 21.0. The molecule has 0 amide bonds. The van der Waals surface area contributed by atoms with Gasteiger partial charge in [0.2, 0.25) is 0 Å². The fourth-order valence-corrected chi connectivity index (χ4v) is 8.62. The summed E-state index contributed by atoms with van der Waals surface area (Å²) in [5.41, 5.74) is 6.49. The molecule has 0 radical (unpaired) electrons. The van der Waals surface area contributed by atoms with Crippen molar-refractivity contribution in [2.24, 2.45) is 34.0 Å². The summed E-state index contributed by atoms with van der Waals surface area (Å²) in [6.07, 6.45) is 16.5. The van der Waals surface area contributed by atoms with Crippen LogP contribution in [0, 0.1) is 34.0 Å². The summed E-state index contributed by atoms with van der Waals surface area (Å²) in [4.78, 5) is 0. The second-order valence-corrected chi connectivity index (χ2v) is 12.3. The van der Waals surface area contributed by atoms with E-state index in [0.717, 1.165) is 30.6 Å². The molecule has 29 heavy (non-hydrogen) atoms. The molecular weight excluding hydrogens is 352 g/mol. The van der Waals surface area contributed by atoms with Crippen LogP contribution in [-0.4, -0.2) is 11.2 Å². The van der Waals surface area contributed by atoms with E-state index in [0.29, 0.717) is 16.2 Å². The molecule has 0 heterocycles. The first-order valence-electron chi connectivity index (χ1n) is 12.7. The highest BCUT2D eigenvalue weighted by atomic mass is 16.3. The van der Waals surface area contributed by atoms with Gasteiger partial charge in [0.25, 0.3) is 0 Å². The molecule has 164 valence electrons. The molecule has 2 fully saturated rings. The van der Waals surface area contributed by atoms with Crippen molar-refractivity contribution < 1.29 is 5.11 Å². The highest BCUT2D eigenvalue weighted by Crippen LogP contribution is 2.71. The zero-order valence-electron chi connectivity index (χ0n) is 20.1. The maximum atomic E-state index is 10.3. The molecule has 1 N–H and O–H groups in total. The van der Waals surface area contributed by atoms with Crippen LogP contribution in [0.2, 0.25) is 0 Å². The Bertz CT molecular complexity index is 697. The number of allylic oxidation sites excluding steroid dienone is 4. The fourth-order valence-electron chi connectivity index (χ4n) is 8.62. The smallest absolute Gasteiger partial charge is 0.0543 e. The molecule has 0 aromatic rings. The van der Waals surface area contributed by atoms with Gasteiger partial charge in [0.05, 0.1) is 6.10 Å². The van der Waals surface area contributed by atoms with Crippen molar-refractivity contribution in [1.82, 2.24) is 0 Å². The number of hydrogen-bond donors (Lipinski definition) is 1. The summed E-state index contributed by atoms with van der Waals surface area (Å²) in [5, 5.41) is 10.3. The van der Waals surface area contributed by atoms with Crippen molar-refractivity contribution in [3.05, 3.63) is 22.8 Å². The van der Waals surface area contributed by atoms with Gasteiger partial charge in [0.1, 0.15) is 0 Å². The van der Waals surface area contributed by atoms with Crippen LogP contribution in [-0.2, 0) is 0 Å². The lowest BCUT2D eigenvalue weighted by Gasteiger charge is -2.59. The molecular formula is C28H46O. The Hall–Kier alpha value is -0.560. The second-order valence-electron chi connectivity index (χ2n) is 12.3. The monoisotopic (exact) mass is 398 g/mol. The quantitative estimate of drug-likeness (QED) is 0.478. The standard InChI is InChI=1S/C28H46O/c1-19(2)8-7-9-20(3)23-13-16-28(6)25-11-10-21-18-22(29)12-15-26(21,4)24(25)14-17-27(23,28)5/h8,20-23,29H,7,9-18H2,1-6H3/t20-,21?,22?,23-,26+,27-,28+/m1/s1. The third-order valence-corrected chi connectivity index (χ3v) is 10.7. The van der Waals surface area contributed by atoms with E-state index in [4.69, 9.17) is 0 Å². The maximum Gasteiger partial charge on any atom is 0.0543 e. The Morgan fingerprint density at radius 1 is 1.03 bits per heavy atom. The third kappa shape index (κ3) is 3.29. The number of hydrogen-bond acceptors (Lipinski definition) is 1. The summed E-state index contributed by atoms with van der Waals surface area (Å²) < 4.78 is 0. The van der Waals surface area contributed by atoms with Crippen molar-refractivity contribution in [2.75, 3.05) is 0 Å². The van der Waals surface area contributed by atoms with Crippen LogP contribution in [0.25, 0.3) is 0 Å². The average Bonchev–Trinajstić information content (AvgIpc) is 2.93. The first-order valence-corrected chi connectivity index (χ1v) is 12.7. The van der Waals surface area contributed by atoms with E-state index < -0.39 is 0 Å². The molecule has 0 bridgehead atoms. The molecule has 0 saturated heterocycles. The number of rotatable bonds is 4. The van der Waals surface area contributed by atoms with Gasteiger partial charge < -0.3 is 5.11 Å². The van der Waals surface area contributed by atoms with E-state index in [1.807, 2.05) is 11.1 Å². The first-order chi connectivity index (χ1) is 13.6. The molecule has 2 saturated carbocycles. The molecule has 4 aliphatic rings. The summed E-state index contributed by atoms with van der Waals surface area (Å²) >= 11 is 0. The molecule has 1 heteroatoms. The maximum absolute atomic E-state index is 10.3. The van der Waals surface area contributed by atoms with Crippen LogP contribution in [0.1, 0.15) is 112 Å². The highest BCUT2D eigenvalue weighted by molar-refractivity contribution is 5.38. The van der Waals surface area contributed by atoms with E-state index in [-0.39, 0.29) is 6.10 Å². The molecule has 4 rings (SSSR count). The van der Waals surface area contributed by atoms with E-state index >= 15 is 0 Å². The van der Waals surface area contributed by atoms with Crippen molar-refractivity contribution in [3.63, 3.8) is 0 Å². The predicted octanol–water partition coefficient (Wildman–Crippen LogP) is 7.84. The molecule has 0 spiro atoms. The van der Waals surface area contributed by atoms with Crippen molar-refractivity contribution >= 4 is 0 Å². The minimum absolute atomic E-state index is 0.0443. The van der Waals surface area contributed by atoms with Crippen molar-refractivity contribution in [1.29, 1.82) is 0 Å². The largest absolute Gasteiger partial charge is 0.393 e. The van der Waals surface area contributed by atoms with Gasteiger partial charge in [-0.2, -0.15) is 0 Å². The molecule has 4 aliphatic carbocycles.